The van der Waals surface area contributed by atoms with E-state index < -0.39 is 0 Å². The Bertz CT molecular complexity index is 662. The van der Waals surface area contributed by atoms with Gasteiger partial charge in [0, 0.05) is 17.0 Å². The van der Waals surface area contributed by atoms with Crippen molar-refractivity contribution in [1.29, 1.82) is 0 Å². The normalized spacial score (nSPS) is 10.8. The Morgan fingerprint density at radius 1 is 1.18 bits per heavy atom. The van der Waals surface area contributed by atoms with Crippen LogP contribution in [0.1, 0.15) is 32.8 Å². The molecule has 116 valence electrons. The first-order valence-electron chi connectivity index (χ1n) is 7.59. The van der Waals surface area contributed by atoms with Crippen molar-refractivity contribution in [2.75, 3.05) is 0 Å². The van der Waals surface area contributed by atoms with E-state index in [9.17, 15) is 4.79 Å². The Hall–Kier alpha value is -1.80. The van der Waals surface area contributed by atoms with Crippen LogP contribution in [0.5, 0.6) is 5.75 Å². The van der Waals surface area contributed by atoms with Gasteiger partial charge in [-0.3, -0.25) is 4.79 Å². The molecule has 0 N–H and O–H groups in total. The molecule has 0 aliphatic rings. The summed E-state index contributed by atoms with van der Waals surface area (Å²) >= 11 is 6.10. The second-order valence-corrected chi connectivity index (χ2v) is 6.17. The molecule has 0 bridgehead atoms. The van der Waals surface area contributed by atoms with Gasteiger partial charge in [-0.15, -0.1) is 0 Å². The lowest BCUT2D eigenvalue weighted by molar-refractivity contribution is -0.134. The Kier molecular flexibility index (Phi) is 5.62. The maximum Gasteiger partial charge on any atom is 0.310 e. The number of benzene rings is 2. The Morgan fingerprint density at radius 3 is 2.55 bits per heavy atom. The molecule has 0 radical (unpaired) electrons. The molecule has 0 saturated heterocycles. The maximum absolute atomic E-state index is 11.8. The summed E-state index contributed by atoms with van der Waals surface area (Å²) in [6, 6.07) is 13.6. The van der Waals surface area contributed by atoms with Crippen LogP contribution < -0.4 is 4.74 Å². The van der Waals surface area contributed by atoms with Crippen molar-refractivity contribution in [3.05, 3.63) is 53.1 Å². The third-order valence-electron chi connectivity index (χ3n) is 3.36. The fraction of sp³-hybridized carbons (Fsp3) is 0.316. The second kappa shape index (κ2) is 7.46. The molecule has 2 rings (SSSR count). The standard InChI is InChI=1S/C19H21ClO2/c1-4-18(21)22-19-15(11-13(2)3)8-6-10-17(19)14-7-5-9-16(20)12-14/h5-10,12-13H,4,11H2,1-3H3. The lowest BCUT2D eigenvalue weighted by Gasteiger charge is -2.16. The highest BCUT2D eigenvalue weighted by Crippen LogP contribution is 2.35. The van der Waals surface area contributed by atoms with Gasteiger partial charge in [0.05, 0.1) is 0 Å². The van der Waals surface area contributed by atoms with E-state index in [4.69, 9.17) is 16.3 Å². The number of esters is 1. The molecule has 0 heterocycles. The van der Waals surface area contributed by atoms with Gasteiger partial charge in [0.1, 0.15) is 5.75 Å². The van der Waals surface area contributed by atoms with E-state index in [0.29, 0.717) is 23.1 Å². The van der Waals surface area contributed by atoms with Crippen molar-refractivity contribution in [2.24, 2.45) is 5.92 Å². The Balaban J connectivity index is 2.54. The molecule has 0 aromatic heterocycles. The summed E-state index contributed by atoms with van der Waals surface area (Å²) < 4.78 is 5.64. The zero-order chi connectivity index (χ0) is 16.1. The fourth-order valence-corrected chi connectivity index (χ4v) is 2.57. The summed E-state index contributed by atoms with van der Waals surface area (Å²) in [4.78, 5) is 11.8. The molecular formula is C19H21ClO2. The van der Waals surface area contributed by atoms with Crippen LogP contribution in [0.2, 0.25) is 5.02 Å². The summed E-state index contributed by atoms with van der Waals surface area (Å²) in [5.41, 5.74) is 2.91. The van der Waals surface area contributed by atoms with E-state index in [0.717, 1.165) is 23.1 Å². The van der Waals surface area contributed by atoms with Crippen LogP contribution >= 0.6 is 11.6 Å². The highest BCUT2D eigenvalue weighted by molar-refractivity contribution is 6.30. The molecule has 22 heavy (non-hydrogen) atoms. The third kappa shape index (κ3) is 4.11. The molecule has 0 saturated carbocycles. The Labute approximate surface area is 137 Å². The monoisotopic (exact) mass is 316 g/mol. The van der Waals surface area contributed by atoms with Gasteiger partial charge in [-0.1, -0.05) is 62.7 Å². The third-order valence-corrected chi connectivity index (χ3v) is 3.60. The van der Waals surface area contributed by atoms with E-state index in [2.05, 4.69) is 13.8 Å². The minimum absolute atomic E-state index is 0.223. The summed E-state index contributed by atoms with van der Waals surface area (Å²) in [5.74, 6) is 0.915. The molecule has 0 aliphatic carbocycles. The number of hydrogen-bond acceptors (Lipinski definition) is 2. The molecule has 3 heteroatoms. The summed E-state index contributed by atoms with van der Waals surface area (Å²) in [6.07, 6.45) is 1.21. The van der Waals surface area contributed by atoms with Gasteiger partial charge >= 0.3 is 5.97 Å². The summed E-state index contributed by atoms with van der Waals surface area (Å²) in [6.45, 7) is 6.10. The molecule has 2 nitrogen and oxygen atoms in total. The molecule has 0 amide bonds. The molecule has 0 aliphatic heterocycles. The van der Waals surface area contributed by atoms with Crippen molar-refractivity contribution in [1.82, 2.24) is 0 Å². The van der Waals surface area contributed by atoms with Crippen LogP contribution in [0, 0.1) is 5.92 Å². The van der Waals surface area contributed by atoms with Crippen LogP contribution in [-0.4, -0.2) is 5.97 Å². The van der Waals surface area contributed by atoms with Crippen LogP contribution in [0.15, 0.2) is 42.5 Å². The maximum atomic E-state index is 11.8. The zero-order valence-corrected chi connectivity index (χ0v) is 14.0. The number of hydrogen-bond donors (Lipinski definition) is 0. The van der Waals surface area contributed by atoms with Crippen molar-refractivity contribution in [3.63, 3.8) is 0 Å². The van der Waals surface area contributed by atoms with Gasteiger partial charge in [-0.25, -0.2) is 0 Å². The quantitative estimate of drug-likeness (QED) is 0.536. The summed E-state index contributed by atoms with van der Waals surface area (Å²) in [5, 5.41) is 0.666. The van der Waals surface area contributed by atoms with E-state index in [1.54, 1.807) is 6.92 Å². The van der Waals surface area contributed by atoms with Crippen molar-refractivity contribution >= 4 is 17.6 Å². The minimum atomic E-state index is -0.223. The predicted molar refractivity (Wildman–Crippen MR) is 91.4 cm³/mol. The van der Waals surface area contributed by atoms with Crippen LogP contribution in [0.3, 0.4) is 0 Å². The number of para-hydroxylation sites is 1. The van der Waals surface area contributed by atoms with E-state index >= 15 is 0 Å². The number of carbonyl (C=O) groups is 1. The highest BCUT2D eigenvalue weighted by atomic mass is 35.5. The number of halogens is 1. The van der Waals surface area contributed by atoms with Gasteiger partial charge in [0.2, 0.25) is 0 Å². The molecule has 0 spiro atoms. The first-order valence-corrected chi connectivity index (χ1v) is 7.97. The topological polar surface area (TPSA) is 26.3 Å². The van der Waals surface area contributed by atoms with Crippen LogP contribution in [0.25, 0.3) is 11.1 Å². The van der Waals surface area contributed by atoms with Gasteiger partial charge < -0.3 is 4.74 Å². The van der Waals surface area contributed by atoms with E-state index in [1.807, 2.05) is 42.5 Å². The lowest BCUT2D eigenvalue weighted by atomic mass is 9.96. The second-order valence-electron chi connectivity index (χ2n) is 5.73. The van der Waals surface area contributed by atoms with E-state index in [1.165, 1.54) is 0 Å². The van der Waals surface area contributed by atoms with Crippen molar-refractivity contribution in [2.45, 2.75) is 33.6 Å². The largest absolute Gasteiger partial charge is 0.426 e. The molecule has 0 unspecified atom stereocenters. The van der Waals surface area contributed by atoms with Gasteiger partial charge in [-0.05, 0) is 35.6 Å². The first-order chi connectivity index (χ1) is 10.5. The van der Waals surface area contributed by atoms with E-state index in [-0.39, 0.29) is 5.97 Å². The van der Waals surface area contributed by atoms with Crippen molar-refractivity contribution in [3.8, 4) is 16.9 Å². The van der Waals surface area contributed by atoms with Crippen LogP contribution in [-0.2, 0) is 11.2 Å². The number of carbonyl (C=O) groups excluding carboxylic acids is 1. The van der Waals surface area contributed by atoms with Crippen LogP contribution in [0.4, 0.5) is 0 Å². The van der Waals surface area contributed by atoms with Gasteiger partial charge in [0.15, 0.2) is 0 Å². The number of rotatable bonds is 5. The van der Waals surface area contributed by atoms with Gasteiger partial charge in [0.25, 0.3) is 0 Å². The molecule has 2 aromatic carbocycles. The lowest BCUT2D eigenvalue weighted by Crippen LogP contribution is -2.09. The average Bonchev–Trinajstić information content (AvgIpc) is 2.48. The smallest absolute Gasteiger partial charge is 0.310 e. The average molecular weight is 317 g/mol. The molecular weight excluding hydrogens is 296 g/mol. The predicted octanol–water partition coefficient (Wildman–Crippen LogP) is 5.52. The molecule has 0 fully saturated rings. The molecule has 2 aromatic rings. The molecule has 0 atom stereocenters. The number of ether oxygens (including phenoxy) is 1. The first kappa shape index (κ1) is 16.6. The highest BCUT2D eigenvalue weighted by Gasteiger charge is 2.15. The zero-order valence-electron chi connectivity index (χ0n) is 13.2. The SMILES string of the molecule is CCC(=O)Oc1c(CC(C)C)cccc1-c1cccc(Cl)c1. The Morgan fingerprint density at radius 2 is 1.91 bits per heavy atom. The summed E-state index contributed by atoms with van der Waals surface area (Å²) in [7, 11) is 0. The van der Waals surface area contributed by atoms with Crippen molar-refractivity contribution < 1.29 is 9.53 Å². The minimum Gasteiger partial charge on any atom is -0.426 e. The van der Waals surface area contributed by atoms with Gasteiger partial charge in [-0.2, -0.15) is 0 Å². The fourth-order valence-electron chi connectivity index (χ4n) is 2.38.